The highest BCUT2D eigenvalue weighted by Gasteiger charge is 2.47. The fourth-order valence-corrected chi connectivity index (χ4v) is 8.90. The maximum atomic E-state index is 5.69. The Labute approximate surface area is 211 Å². The molecule has 2 aliphatic heterocycles. The molecule has 2 fully saturated rings. The number of thiazole rings is 1. The lowest BCUT2D eigenvalue weighted by atomic mass is 9.81. The molecule has 2 aromatic heterocycles. The lowest BCUT2D eigenvalue weighted by Gasteiger charge is -2.45. The van der Waals surface area contributed by atoms with Crippen molar-refractivity contribution in [2.45, 2.75) is 88.9 Å². The van der Waals surface area contributed by atoms with E-state index in [1.807, 2.05) is 5.51 Å². The van der Waals surface area contributed by atoms with Crippen molar-refractivity contribution in [3.8, 4) is 0 Å². The number of pyridine rings is 1. The van der Waals surface area contributed by atoms with E-state index in [2.05, 4.69) is 66.8 Å². The zero-order chi connectivity index (χ0) is 23.9. The van der Waals surface area contributed by atoms with Gasteiger partial charge >= 0.3 is 0 Å². The first kappa shape index (κ1) is 24.4. The quantitative estimate of drug-likeness (QED) is 0.467. The normalized spacial score (nSPS) is 27.0. The Hall–Kier alpha value is -1.28. The van der Waals surface area contributed by atoms with Crippen LogP contribution in [-0.2, 0) is 4.74 Å². The van der Waals surface area contributed by atoms with Gasteiger partial charge in [-0.05, 0) is 54.7 Å². The Morgan fingerprint density at radius 3 is 2.56 bits per heavy atom. The van der Waals surface area contributed by atoms with Gasteiger partial charge < -0.3 is 9.30 Å². The molecule has 1 atom stereocenters. The predicted molar refractivity (Wildman–Crippen MR) is 145 cm³/mol. The van der Waals surface area contributed by atoms with Crippen molar-refractivity contribution in [3.05, 3.63) is 40.0 Å². The van der Waals surface area contributed by atoms with Gasteiger partial charge in [0.25, 0.3) is 0 Å². The number of fused-ring (bicyclic) bond motifs is 1. The van der Waals surface area contributed by atoms with Gasteiger partial charge in [-0.3, -0.25) is 9.88 Å². The second kappa shape index (κ2) is 9.64. The first-order chi connectivity index (χ1) is 16.3. The molecule has 0 N–H and O–H groups in total. The summed E-state index contributed by atoms with van der Waals surface area (Å²) in [5.41, 5.74) is 4.89. The number of aromatic nitrogens is 2. The number of nitrogens with zero attached hydrogens (tertiary/aromatic N) is 4. The molecule has 4 heterocycles. The van der Waals surface area contributed by atoms with Gasteiger partial charge in [0, 0.05) is 61.0 Å². The lowest BCUT2D eigenvalue weighted by Crippen LogP contribution is -2.55. The predicted octanol–water partition coefficient (Wildman–Crippen LogP) is 6.24. The summed E-state index contributed by atoms with van der Waals surface area (Å²) in [7, 11) is -1.73. The molecule has 0 amide bonds. The number of anilines is 1. The van der Waals surface area contributed by atoms with Crippen LogP contribution in [0.1, 0.15) is 80.7 Å². The molecule has 1 saturated heterocycles. The number of rotatable bonds is 4. The zero-order valence-electron chi connectivity index (χ0n) is 21.7. The van der Waals surface area contributed by atoms with Crippen LogP contribution in [0.3, 0.4) is 0 Å². The van der Waals surface area contributed by atoms with E-state index in [9.17, 15) is 0 Å². The molecule has 1 saturated carbocycles. The van der Waals surface area contributed by atoms with Gasteiger partial charge in [-0.25, -0.2) is 4.98 Å². The van der Waals surface area contributed by atoms with E-state index in [0.717, 1.165) is 32.3 Å². The van der Waals surface area contributed by atoms with Crippen LogP contribution in [0.15, 0.2) is 24.0 Å². The van der Waals surface area contributed by atoms with Crippen molar-refractivity contribution < 1.29 is 4.74 Å². The first-order valence-corrected chi connectivity index (χ1v) is 17.1. The van der Waals surface area contributed by atoms with Crippen molar-refractivity contribution >= 4 is 25.4 Å². The Morgan fingerprint density at radius 2 is 1.85 bits per heavy atom. The Kier molecular flexibility index (Phi) is 6.92. The van der Waals surface area contributed by atoms with Crippen LogP contribution in [0, 0.1) is 0 Å². The Morgan fingerprint density at radius 1 is 1.06 bits per heavy atom. The van der Waals surface area contributed by atoms with Crippen molar-refractivity contribution in [1.82, 2.24) is 14.9 Å². The zero-order valence-corrected chi connectivity index (χ0v) is 23.5. The van der Waals surface area contributed by atoms with Crippen LogP contribution in [0.5, 0.6) is 0 Å². The fraction of sp³-hybridized carbons (Fsp3) is 0.704. The summed E-state index contributed by atoms with van der Waals surface area (Å²) in [4.78, 5) is 13.7. The molecular weight excluding hydrogens is 456 g/mol. The van der Waals surface area contributed by atoms with Crippen LogP contribution < -0.4 is 4.57 Å². The molecule has 3 aliphatic rings. The molecule has 7 heteroatoms. The van der Waals surface area contributed by atoms with Crippen molar-refractivity contribution in [2.24, 2.45) is 0 Å². The van der Waals surface area contributed by atoms with E-state index in [0.29, 0.717) is 11.8 Å². The minimum atomic E-state index is -1.73. The third kappa shape index (κ3) is 4.61. The Balaban J connectivity index is 1.38. The number of hydrogen-bond donors (Lipinski definition) is 0. The summed E-state index contributed by atoms with van der Waals surface area (Å²) < 4.78 is 8.39. The van der Waals surface area contributed by atoms with Gasteiger partial charge in [0.05, 0.1) is 12.1 Å². The van der Waals surface area contributed by atoms with Crippen LogP contribution in [0.2, 0.25) is 18.1 Å². The van der Waals surface area contributed by atoms with Gasteiger partial charge in [-0.2, -0.15) is 0 Å². The molecule has 1 unspecified atom stereocenters. The fourth-order valence-electron chi connectivity index (χ4n) is 6.01. The number of ether oxygens (including phenoxy) is 1. The monoisotopic (exact) mass is 498 g/mol. The average Bonchev–Trinajstić information content (AvgIpc) is 3.39. The topological polar surface area (TPSA) is 41.5 Å². The van der Waals surface area contributed by atoms with E-state index in [1.54, 1.807) is 11.3 Å². The van der Waals surface area contributed by atoms with Gasteiger partial charge in [-0.15, -0.1) is 11.3 Å². The summed E-state index contributed by atoms with van der Waals surface area (Å²) >= 11 is 1.80. The summed E-state index contributed by atoms with van der Waals surface area (Å²) in [6.45, 7) is 17.4. The average molecular weight is 499 g/mol. The molecule has 34 heavy (non-hydrogen) atoms. The van der Waals surface area contributed by atoms with E-state index in [4.69, 9.17) is 9.72 Å². The lowest BCUT2D eigenvalue weighted by molar-refractivity contribution is 0.118. The smallest absolute Gasteiger partial charge is 0.157 e. The molecule has 1 aliphatic carbocycles. The molecule has 0 radical (unpaired) electrons. The van der Waals surface area contributed by atoms with E-state index in [-0.39, 0.29) is 5.04 Å². The minimum Gasteiger partial charge on any atom is -0.381 e. The highest BCUT2D eigenvalue weighted by atomic mass is 32.1. The third-order valence-corrected chi connectivity index (χ3v) is 15.5. The van der Waals surface area contributed by atoms with Crippen LogP contribution in [0.4, 0.5) is 5.82 Å². The maximum absolute atomic E-state index is 5.69. The van der Waals surface area contributed by atoms with Gasteiger partial charge in [0.15, 0.2) is 8.24 Å². The summed E-state index contributed by atoms with van der Waals surface area (Å²) in [6, 6.07) is 3.27. The third-order valence-electron chi connectivity index (χ3n) is 9.16. The number of hydrogen-bond acceptors (Lipinski definition) is 6. The van der Waals surface area contributed by atoms with Gasteiger partial charge in [0.1, 0.15) is 5.82 Å². The molecule has 0 aromatic carbocycles. The maximum Gasteiger partial charge on any atom is 0.157 e. The molecule has 0 spiro atoms. The Bertz CT molecular complexity index is 958. The van der Waals surface area contributed by atoms with Crippen LogP contribution >= 0.6 is 11.3 Å². The molecule has 186 valence electrons. The molecule has 5 nitrogen and oxygen atoms in total. The second-order valence-electron chi connectivity index (χ2n) is 12.1. The SMILES string of the molecule is CC(C)(C)[Si](C)(C)N1CC(c2cncs2)c2cc([C@H]3CC[C@H](N4CCCOCC4)CC3)cnc21. The van der Waals surface area contributed by atoms with Crippen LogP contribution in [-0.4, -0.2) is 62.0 Å². The highest BCUT2D eigenvalue weighted by molar-refractivity contribution is 7.09. The van der Waals surface area contributed by atoms with Gasteiger partial charge in [-0.1, -0.05) is 33.9 Å². The van der Waals surface area contributed by atoms with Crippen LogP contribution in [0.25, 0.3) is 0 Å². The largest absolute Gasteiger partial charge is 0.381 e. The van der Waals surface area contributed by atoms with E-state index < -0.39 is 8.24 Å². The molecular formula is C27H42N4OSSi. The summed E-state index contributed by atoms with van der Waals surface area (Å²) in [5.74, 6) is 2.28. The second-order valence-corrected chi connectivity index (χ2v) is 18.1. The first-order valence-electron chi connectivity index (χ1n) is 13.2. The van der Waals surface area contributed by atoms with E-state index >= 15 is 0 Å². The van der Waals surface area contributed by atoms with Crippen molar-refractivity contribution in [2.75, 3.05) is 37.4 Å². The summed E-state index contributed by atoms with van der Waals surface area (Å²) in [6.07, 6.45) is 10.6. The minimum absolute atomic E-state index is 0.282. The standard InChI is InChI=1S/C27H42N4OSSi/c1-27(2,3)34(4,5)31-18-24(25-17-28-19-33-25)23-15-21(16-29-26(23)31)20-7-9-22(10-8-20)30-11-6-13-32-14-12-30/h15-17,19-20,22,24H,6-14,18H2,1-5H3/t20-,22-,24?. The molecule has 0 bridgehead atoms. The van der Waals surface area contributed by atoms with Crippen molar-refractivity contribution in [3.63, 3.8) is 0 Å². The molecule has 2 aromatic rings. The van der Waals surface area contributed by atoms with Gasteiger partial charge in [0.2, 0.25) is 0 Å². The van der Waals surface area contributed by atoms with E-state index in [1.165, 1.54) is 60.5 Å². The molecule has 5 rings (SSSR count). The van der Waals surface area contributed by atoms with Crippen molar-refractivity contribution in [1.29, 1.82) is 0 Å². The highest BCUT2D eigenvalue weighted by Crippen LogP contribution is 2.49. The summed E-state index contributed by atoms with van der Waals surface area (Å²) in [5, 5.41) is 0.282.